The van der Waals surface area contributed by atoms with Gasteiger partial charge in [-0.1, -0.05) is 0 Å². The number of esters is 1. The minimum absolute atomic E-state index is 0.0234. The number of hydrogen-bond acceptors (Lipinski definition) is 4. The van der Waals surface area contributed by atoms with Crippen molar-refractivity contribution in [3.05, 3.63) is 41.7 Å². The van der Waals surface area contributed by atoms with Crippen molar-refractivity contribution >= 4 is 17.6 Å². The van der Waals surface area contributed by atoms with Gasteiger partial charge in [-0.15, -0.1) is 0 Å². The Hall–Kier alpha value is -2.84. The highest BCUT2D eigenvalue weighted by molar-refractivity contribution is 5.96. The van der Waals surface area contributed by atoms with E-state index in [2.05, 4.69) is 15.2 Å². The van der Waals surface area contributed by atoms with Crippen LogP contribution in [0.1, 0.15) is 22.3 Å². The predicted molar refractivity (Wildman–Crippen MR) is 78.9 cm³/mol. The highest BCUT2D eigenvalue weighted by Crippen LogP contribution is 2.25. The third-order valence-corrected chi connectivity index (χ3v) is 3.01. The normalized spacial score (nSPS) is 11.2. The van der Waals surface area contributed by atoms with Crippen LogP contribution in [0, 0.1) is 6.92 Å². The molecular formula is C15H14F3N3O3. The number of benzene rings is 1. The lowest BCUT2D eigenvalue weighted by molar-refractivity contribution is -0.150. The molecule has 1 N–H and O–H groups in total. The van der Waals surface area contributed by atoms with Crippen molar-refractivity contribution in [2.75, 3.05) is 12.4 Å². The Balaban J connectivity index is 2.40. The highest BCUT2D eigenvalue weighted by atomic mass is 19.4. The molecule has 0 aliphatic heterocycles. The Morgan fingerprint density at radius 3 is 2.58 bits per heavy atom. The number of carbonyl (C=O) groups is 2. The molecule has 2 aromatic rings. The van der Waals surface area contributed by atoms with Crippen LogP contribution in [0.5, 0.6) is 0 Å². The summed E-state index contributed by atoms with van der Waals surface area (Å²) >= 11 is 0. The van der Waals surface area contributed by atoms with Crippen LogP contribution >= 0.6 is 0 Å². The Kier molecular flexibility index (Phi) is 4.91. The van der Waals surface area contributed by atoms with Gasteiger partial charge in [0.2, 0.25) is 5.91 Å². The number of aryl methyl sites for hydroxylation is 1. The lowest BCUT2D eigenvalue weighted by Crippen LogP contribution is -2.22. The van der Waals surface area contributed by atoms with Crippen LogP contribution in [-0.2, 0) is 9.53 Å². The smallest absolute Gasteiger partial charge is 0.397 e. The second-order valence-electron chi connectivity index (χ2n) is 5.03. The summed E-state index contributed by atoms with van der Waals surface area (Å²) in [6.07, 6.45) is -3.08. The van der Waals surface area contributed by atoms with Gasteiger partial charge in [-0.3, -0.25) is 4.79 Å². The van der Waals surface area contributed by atoms with E-state index in [1.54, 1.807) is 19.3 Å². The molecule has 1 heterocycles. The second kappa shape index (κ2) is 6.73. The number of ether oxygens (including phenoxy) is 1. The third kappa shape index (κ3) is 4.34. The maximum atomic E-state index is 12.3. The van der Waals surface area contributed by atoms with Gasteiger partial charge in [-0.2, -0.15) is 18.3 Å². The molecule has 9 heteroatoms. The number of halogens is 3. The molecule has 128 valence electrons. The molecule has 0 atom stereocenters. The molecule has 0 fully saturated rings. The van der Waals surface area contributed by atoms with E-state index in [1.807, 2.05) is 0 Å². The van der Waals surface area contributed by atoms with E-state index in [0.717, 1.165) is 5.56 Å². The van der Waals surface area contributed by atoms with Crippen LogP contribution in [0.2, 0.25) is 0 Å². The van der Waals surface area contributed by atoms with Gasteiger partial charge in [-0.25, -0.2) is 9.48 Å². The lowest BCUT2D eigenvalue weighted by atomic mass is 10.1. The van der Waals surface area contributed by atoms with Gasteiger partial charge in [0.25, 0.3) is 0 Å². The summed E-state index contributed by atoms with van der Waals surface area (Å²) < 4.78 is 43.0. The second-order valence-corrected chi connectivity index (χ2v) is 5.03. The maximum Gasteiger partial charge on any atom is 0.397 e. The van der Waals surface area contributed by atoms with Gasteiger partial charge in [0, 0.05) is 6.20 Å². The van der Waals surface area contributed by atoms with Gasteiger partial charge >= 0.3 is 12.1 Å². The molecule has 0 radical (unpaired) electrons. The summed E-state index contributed by atoms with van der Waals surface area (Å²) in [5.74, 6) is -1.92. The zero-order chi connectivity index (χ0) is 17.9. The molecule has 6 nitrogen and oxygen atoms in total. The molecule has 2 rings (SSSR count). The number of nitrogens with one attached hydrogen (secondary N) is 1. The minimum Gasteiger partial charge on any atom is -0.465 e. The zero-order valence-corrected chi connectivity index (χ0v) is 12.8. The number of rotatable bonds is 4. The first kappa shape index (κ1) is 17.5. The van der Waals surface area contributed by atoms with Gasteiger partial charge in [0.05, 0.1) is 30.2 Å². The van der Waals surface area contributed by atoms with Gasteiger partial charge < -0.3 is 10.1 Å². The number of hydrogen-bond donors (Lipinski definition) is 1. The third-order valence-electron chi connectivity index (χ3n) is 3.01. The van der Waals surface area contributed by atoms with Crippen LogP contribution in [0.4, 0.5) is 18.9 Å². The molecule has 1 amide bonds. The molecule has 0 unspecified atom stereocenters. The van der Waals surface area contributed by atoms with E-state index in [-0.39, 0.29) is 11.3 Å². The van der Waals surface area contributed by atoms with Crippen molar-refractivity contribution in [1.82, 2.24) is 9.78 Å². The average molecular weight is 341 g/mol. The van der Waals surface area contributed by atoms with E-state index in [9.17, 15) is 22.8 Å². The van der Waals surface area contributed by atoms with E-state index in [0.29, 0.717) is 5.69 Å². The van der Waals surface area contributed by atoms with Crippen LogP contribution in [0.25, 0.3) is 5.69 Å². The average Bonchev–Trinajstić information content (AvgIpc) is 2.90. The molecule has 0 spiro atoms. The van der Waals surface area contributed by atoms with E-state index in [1.165, 1.54) is 30.0 Å². The standard InChI is InChI=1S/C15H14F3N3O3/c1-9-7-19-21(8-9)12-4-3-10(14(23)24-2)5-11(12)20-13(22)6-15(16,17)18/h3-5,7-8H,6H2,1-2H3,(H,20,22). The fourth-order valence-corrected chi connectivity index (χ4v) is 2.00. The lowest BCUT2D eigenvalue weighted by Gasteiger charge is -2.13. The Morgan fingerprint density at radius 1 is 1.33 bits per heavy atom. The molecule has 24 heavy (non-hydrogen) atoms. The summed E-state index contributed by atoms with van der Waals surface area (Å²) in [5.41, 5.74) is 1.26. The minimum atomic E-state index is -4.63. The van der Waals surface area contributed by atoms with E-state index >= 15 is 0 Å². The zero-order valence-electron chi connectivity index (χ0n) is 12.8. The first-order valence-electron chi connectivity index (χ1n) is 6.80. The van der Waals surface area contributed by atoms with Gasteiger partial charge in [0.1, 0.15) is 6.42 Å². The predicted octanol–water partition coefficient (Wildman–Crippen LogP) is 2.86. The quantitative estimate of drug-likeness (QED) is 0.868. The van der Waals surface area contributed by atoms with Crippen molar-refractivity contribution in [2.24, 2.45) is 0 Å². The number of carbonyl (C=O) groups excluding carboxylic acids is 2. The Morgan fingerprint density at radius 2 is 2.04 bits per heavy atom. The number of aromatic nitrogens is 2. The van der Waals surface area contributed by atoms with Crippen molar-refractivity contribution in [3.63, 3.8) is 0 Å². The number of amides is 1. The summed E-state index contributed by atoms with van der Waals surface area (Å²) in [6.45, 7) is 1.79. The first-order chi connectivity index (χ1) is 11.2. The molecule has 0 bridgehead atoms. The number of methoxy groups -OCH3 is 1. The van der Waals surface area contributed by atoms with Gasteiger partial charge in [0.15, 0.2) is 0 Å². The molecule has 0 saturated carbocycles. The molecule has 0 aliphatic carbocycles. The SMILES string of the molecule is COC(=O)c1ccc(-n2cc(C)cn2)c(NC(=O)CC(F)(F)F)c1. The highest BCUT2D eigenvalue weighted by Gasteiger charge is 2.31. The molecule has 1 aromatic carbocycles. The first-order valence-corrected chi connectivity index (χ1v) is 6.80. The summed E-state index contributed by atoms with van der Waals surface area (Å²) in [7, 11) is 1.18. The number of alkyl halides is 3. The molecule has 1 aromatic heterocycles. The fraction of sp³-hybridized carbons (Fsp3) is 0.267. The van der Waals surface area contributed by atoms with Crippen molar-refractivity contribution in [3.8, 4) is 5.69 Å². The topological polar surface area (TPSA) is 73.2 Å². The van der Waals surface area contributed by atoms with E-state index < -0.39 is 24.5 Å². The maximum absolute atomic E-state index is 12.3. The van der Waals surface area contributed by atoms with Crippen LogP contribution in [0.15, 0.2) is 30.6 Å². The monoisotopic (exact) mass is 341 g/mol. The number of nitrogens with zero attached hydrogens (tertiary/aromatic N) is 2. The molecule has 0 aliphatic rings. The number of anilines is 1. The fourth-order valence-electron chi connectivity index (χ4n) is 2.00. The summed E-state index contributed by atoms with van der Waals surface area (Å²) in [6, 6.07) is 4.13. The summed E-state index contributed by atoms with van der Waals surface area (Å²) in [4.78, 5) is 23.2. The van der Waals surface area contributed by atoms with Crippen LogP contribution < -0.4 is 5.32 Å². The van der Waals surface area contributed by atoms with Gasteiger partial charge in [-0.05, 0) is 30.7 Å². The van der Waals surface area contributed by atoms with Crippen molar-refractivity contribution in [1.29, 1.82) is 0 Å². The van der Waals surface area contributed by atoms with E-state index in [4.69, 9.17) is 0 Å². The Labute approximate surface area is 135 Å². The summed E-state index contributed by atoms with van der Waals surface area (Å²) in [5, 5.41) is 6.22. The van der Waals surface area contributed by atoms with Crippen LogP contribution in [0.3, 0.4) is 0 Å². The largest absolute Gasteiger partial charge is 0.465 e. The Bertz CT molecular complexity index is 769. The molecular weight excluding hydrogens is 327 g/mol. The van der Waals surface area contributed by atoms with Crippen molar-refractivity contribution in [2.45, 2.75) is 19.5 Å². The molecule has 0 saturated heterocycles. The van der Waals surface area contributed by atoms with Crippen LogP contribution in [-0.4, -0.2) is 34.9 Å². The van der Waals surface area contributed by atoms with Crippen molar-refractivity contribution < 1.29 is 27.5 Å².